The lowest BCUT2D eigenvalue weighted by molar-refractivity contribution is 0.275. The van der Waals surface area contributed by atoms with Crippen molar-refractivity contribution in [3.05, 3.63) is 64.7 Å². The van der Waals surface area contributed by atoms with Gasteiger partial charge in [0.1, 0.15) is 0 Å². The largest absolute Gasteiger partial charge is 0.388 e. The van der Waals surface area contributed by atoms with Crippen LogP contribution in [0.2, 0.25) is 0 Å². The first-order valence-corrected chi connectivity index (χ1v) is 6.82. The van der Waals surface area contributed by atoms with Gasteiger partial charge in [-0.2, -0.15) is 0 Å². The Balaban J connectivity index is 1.71. The molecular formula is C17H20N2. The van der Waals surface area contributed by atoms with Gasteiger partial charge in [0.2, 0.25) is 0 Å². The molecule has 0 amide bonds. The van der Waals surface area contributed by atoms with E-state index in [4.69, 9.17) is 0 Å². The van der Waals surface area contributed by atoms with Crippen molar-refractivity contribution in [1.29, 1.82) is 0 Å². The third kappa shape index (κ3) is 2.64. The Morgan fingerprint density at radius 3 is 2.47 bits per heavy atom. The fraction of sp³-hybridized carbons (Fsp3) is 0.294. The standard InChI is InChI=1S/C17H20N2/c1-13-3-5-14(6-4-13)10-19-11-15-7-8-17(18-2)9-16(15)12-19/h3-9,18H,10-12H2,1-2H3. The maximum absolute atomic E-state index is 3.21. The molecule has 1 aliphatic rings. The second-order valence-corrected chi connectivity index (χ2v) is 5.36. The first-order valence-electron chi connectivity index (χ1n) is 6.82. The zero-order valence-corrected chi connectivity index (χ0v) is 11.6. The van der Waals surface area contributed by atoms with Gasteiger partial charge in [-0.1, -0.05) is 35.9 Å². The molecular weight excluding hydrogens is 232 g/mol. The van der Waals surface area contributed by atoms with Crippen LogP contribution in [-0.2, 0) is 19.6 Å². The highest BCUT2D eigenvalue weighted by atomic mass is 15.1. The van der Waals surface area contributed by atoms with Crippen LogP contribution in [0, 0.1) is 6.92 Å². The number of hydrogen-bond acceptors (Lipinski definition) is 2. The van der Waals surface area contributed by atoms with Gasteiger partial charge >= 0.3 is 0 Å². The maximum atomic E-state index is 3.21. The highest BCUT2D eigenvalue weighted by molar-refractivity contribution is 5.49. The second kappa shape index (κ2) is 5.06. The van der Waals surface area contributed by atoms with Crippen molar-refractivity contribution in [3.8, 4) is 0 Å². The first kappa shape index (κ1) is 12.2. The molecule has 1 N–H and O–H groups in total. The Kier molecular flexibility index (Phi) is 3.26. The van der Waals surface area contributed by atoms with Crippen LogP contribution in [0.1, 0.15) is 22.3 Å². The minimum atomic E-state index is 1.03. The lowest BCUT2D eigenvalue weighted by atomic mass is 10.1. The molecule has 0 aliphatic carbocycles. The molecule has 0 saturated heterocycles. The average Bonchev–Trinajstić information content (AvgIpc) is 2.82. The Labute approximate surface area is 115 Å². The molecule has 0 aromatic heterocycles. The highest BCUT2D eigenvalue weighted by Gasteiger charge is 2.18. The van der Waals surface area contributed by atoms with E-state index in [0.29, 0.717) is 0 Å². The van der Waals surface area contributed by atoms with Gasteiger partial charge in [0.05, 0.1) is 0 Å². The zero-order chi connectivity index (χ0) is 13.2. The summed E-state index contributed by atoms with van der Waals surface area (Å²) in [5.41, 5.74) is 6.85. The summed E-state index contributed by atoms with van der Waals surface area (Å²) in [5.74, 6) is 0. The molecule has 0 fully saturated rings. The van der Waals surface area contributed by atoms with Crippen LogP contribution >= 0.6 is 0 Å². The van der Waals surface area contributed by atoms with Gasteiger partial charge in [-0.25, -0.2) is 0 Å². The Hall–Kier alpha value is -1.80. The molecule has 3 rings (SSSR count). The van der Waals surface area contributed by atoms with Crippen molar-refractivity contribution in [2.45, 2.75) is 26.6 Å². The number of nitrogens with one attached hydrogen (secondary N) is 1. The minimum Gasteiger partial charge on any atom is -0.388 e. The molecule has 0 radical (unpaired) electrons. The van der Waals surface area contributed by atoms with Crippen molar-refractivity contribution in [2.75, 3.05) is 12.4 Å². The summed E-state index contributed by atoms with van der Waals surface area (Å²) in [5, 5.41) is 3.21. The quantitative estimate of drug-likeness (QED) is 0.898. The summed E-state index contributed by atoms with van der Waals surface area (Å²) in [6.45, 7) is 5.28. The van der Waals surface area contributed by atoms with Gasteiger partial charge < -0.3 is 5.32 Å². The van der Waals surface area contributed by atoms with Crippen LogP contribution in [0.3, 0.4) is 0 Å². The molecule has 0 atom stereocenters. The predicted octanol–water partition coefficient (Wildman–Crippen LogP) is 3.55. The monoisotopic (exact) mass is 252 g/mol. The lowest BCUT2D eigenvalue weighted by Gasteiger charge is -2.14. The van der Waals surface area contributed by atoms with Crippen LogP contribution in [0.15, 0.2) is 42.5 Å². The molecule has 0 unspecified atom stereocenters. The normalized spacial score (nSPS) is 14.4. The molecule has 19 heavy (non-hydrogen) atoms. The van der Waals surface area contributed by atoms with Crippen molar-refractivity contribution in [3.63, 3.8) is 0 Å². The summed E-state index contributed by atoms with van der Waals surface area (Å²) in [6, 6.07) is 15.5. The molecule has 2 nitrogen and oxygen atoms in total. The molecule has 2 aromatic rings. The van der Waals surface area contributed by atoms with Crippen LogP contribution < -0.4 is 5.32 Å². The molecule has 1 aliphatic heterocycles. The number of anilines is 1. The Morgan fingerprint density at radius 2 is 1.74 bits per heavy atom. The number of rotatable bonds is 3. The van der Waals surface area contributed by atoms with Gasteiger partial charge in [0.25, 0.3) is 0 Å². The molecule has 0 saturated carbocycles. The third-order valence-electron chi connectivity index (χ3n) is 3.81. The van der Waals surface area contributed by atoms with E-state index in [1.54, 1.807) is 0 Å². The molecule has 2 heteroatoms. The number of hydrogen-bond donors (Lipinski definition) is 1. The SMILES string of the molecule is CNc1ccc2c(c1)CN(Cc1ccc(C)cc1)C2. The zero-order valence-electron chi connectivity index (χ0n) is 11.6. The molecule has 98 valence electrons. The number of benzene rings is 2. The van der Waals surface area contributed by atoms with Crippen LogP contribution in [-0.4, -0.2) is 11.9 Å². The van der Waals surface area contributed by atoms with E-state index in [2.05, 4.69) is 59.6 Å². The van der Waals surface area contributed by atoms with Gasteiger partial charge in [-0.15, -0.1) is 0 Å². The van der Waals surface area contributed by atoms with E-state index in [-0.39, 0.29) is 0 Å². The smallest absolute Gasteiger partial charge is 0.0341 e. The van der Waals surface area contributed by atoms with Gasteiger partial charge in [-0.3, -0.25) is 4.90 Å². The summed E-state index contributed by atoms with van der Waals surface area (Å²) in [7, 11) is 1.97. The van der Waals surface area contributed by atoms with Crippen molar-refractivity contribution in [1.82, 2.24) is 4.90 Å². The van der Waals surface area contributed by atoms with E-state index in [9.17, 15) is 0 Å². The first-order chi connectivity index (χ1) is 9.24. The van der Waals surface area contributed by atoms with E-state index >= 15 is 0 Å². The van der Waals surface area contributed by atoms with E-state index < -0.39 is 0 Å². The van der Waals surface area contributed by atoms with Crippen molar-refractivity contribution in [2.24, 2.45) is 0 Å². The second-order valence-electron chi connectivity index (χ2n) is 5.36. The molecule has 1 heterocycles. The highest BCUT2D eigenvalue weighted by Crippen LogP contribution is 2.26. The summed E-state index contributed by atoms with van der Waals surface area (Å²) in [4.78, 5) is 2.49. The van der Waals surface area contributed by atoms with Crippen LogP contribution in [0.5, 0.6) is 0 Å². The van der Waals surface area contributed by atoms with Crippen molar-refractivity contribution >= 4 is 5.69 Å². The van der Waals surface area contributed by atoms with E-state index in [0.717, 1.165) is 19.6 Å². The van der Waals surface area contributed by atoms with E-state index in [1.807, 2.05) is 7.05 Å². The summed E-state index contributed by atoms with van der Waals surface area (Å²) in [6.07, 6.45) is 0. The fourth-order valence-corrected chi connectivity index (χ4v) is 2.68. The van der Waals surface area contributed by atoms with Gasteiger partial charge in [0.15, 0.2) is 0 Å². The van der Waals surface area contributed by atoms with E-state index in [1.165, 1.54) is 27.9 Å². The third-order valence-corrected chi connectivity index (χ3v) is 3.81. The van der Waals surface area contributed by atoms with Crippen LogP contribution in [0.4, 0.5) is 5.69 Å². The van der Waals surface area contributed by atoms with Crippen molar-refractivity contribution < 1.29 is 0 Å². The molecule has 0 bridgehead atoms. The number of nitrogens with zero attached hydrogens (tertiary/aromatic N) is 1. The lowest BCUT2D eigenvalue weighted by Crippen LogP contribution is -2.15. The Bertz CT molecular complexity index is 572. The average molecular weight is 252 g/mol. The van der Waals surface area contributed by atoms with Crippen LogP contribution in [0.25, 0.3) is 0 Å². The predicted molar refractivity (Wildman–Crippen MR) is 80.1 cm³/mol. The summed E-state index contributed by atoms with van der Waals surface area (Å²) < 4.78 is 0. The molecule has 2 aromatic carbocycles. The minimum absolute atomic E-state index is 1.03. The number of fused-ring (bicyclic) bond motifs is 1. The van der Waals surface area contributed by atoms with Gasteiger partial charge in [-0.05, 0) is 35.7 Å². The summed E-state index contributed by atoms with van der Waals surface area (Å²) >= 11 is 0. The van der Waals surface area contributed by atoms with Gasteiger partial charge in [0, 0.05) is 32.4 Å². The topological polar surface area (TPSA) is 15.3 Å². The number of aryl methyl sites for hydroxylation is 1. The molecule has 0 spiro atoms. The fourth-order valence-electron chi connectivity index (χ4n) is 2.68. The maximum Gasteiger partial charge on any atom is 0.0341 e. The Morgan fingerprint density at radius 1 is 1.00 bits per heavy atom.